The molecule has 4 rings (SSSR count). The summed E-state index contributed by atoms with van der Waals surface area (Å²) in [6.07, 6.45) is 0.610. The van der Waals surface area contributed by atoms with Crippen molar-refractivity contribution in [1.82, 2.24) is 15.1 Å². The minimum Gasteiger partial charge on any atom is -0.480 e. The Morgan fingerprint density at radius 2 is 1.76 bits per heavy atom. The monoisotopic (exact) mass is 451 g/mol. The molecule has 1 aromatic heterocycles. The van der Waals surface area contributed by atoms with E-state index in [1.165, 1.54) is 25.2 Å². The highest BCUT2D eigenvalue weighted by atomic mass is 19.1. The van der Waals surface area contributed by atoms with E-state index in [4.69, 9.17) is 9.47 Å². The first-order valence-electron chi connectivity index (χ1n) is 10.3. The largest absolute Gasteiger partial charge is 0.480 e. The molecule has 1 N–H and O–H groups in total. The van der Waals surface area contributed by atoms with Crippen LogP contribution in [-0.2, 0) is 4.79 Å². The van der Waals surface area contributed by atoms with Crippen LogP contribution in [0.15, 0.2) is 54.6 Å². The number of aromatic nitrogens is 2. The molecule has 2 atom stereocenters. The molecule has 8 nitrogen and oxygen atoms in total. The van der Waals surface area contributed by atoms with Gasteiger partial charge in [-0.3, -0.25) is 4.79 Å². The number of carbonyl (C=O) groups excluding carboxylic acids is 1. The molecule has 1 amide bonds. The van der Waals surface area contributed by atoms with Crippen molar-refractivity contribution in [3.05, 3.63) is 71.5 Å². The van der Waals surface area contributed by atoms with E-state index in [0.29, 0.717) is 40.4 Å². The lowest BCUT2D eigenvalue weighted by atomic mass is 10.0. The molecule has 1 aliphatic rings. The Morgan fingerprint density at radius 3 is 2.39 bits per heavy atom. The molecule has 33 heavy (non-hydrogen) atoms. The standard InChI is InChI=1S/C24H22FN3O5/c1-32-21-13-17(22(33-2)27-26-21)14-7-9-15(10-8-14)23(29)28-19(11-12-20(28)24(30)31)16-5-3-4-6-18(16)25/h3-10,13,19-20H,11-12H2,1-2H3,(H,30,31)/t19-,20+/m1/s1. The van der Waals surface area contributed by atoms with Gasteiger partial charge in [0.05, 0.1) is 25.8 Å². The van der Waals surface area contributed by atoms with Crippen molar-refractivity contribution in [2.24, 2.45) is 0 Å². The number of rotatable bonds is 6. The normalized spacial score (nSPS) is 17.6. The summed E-state index contributed by atoms with van der Waals surface area (Å²) in [5, 5.41) is 17.5. The highest BCUT2D eigenvalue weighted by Crippen LogP contribution is 2.39. The third-order valence-electron chi connectivity index (χ3n) is 5.75. The topological polar surface area (TPSA) is 102 Å². The summed E-state index contributed by atoms with van der Waals surface area (Å²) < 4.78 is 24.9. The van der Waals surface area contributed by atoms with Crippen molar-refractivity contribution >= 4 is 11.9 Å². The van der Waals surface area contributed by atoms with Crippen molar-refractivity contribution < 1.29 is 28.6 Å². The number of likely N-dealkylation sites (tertiary alicyclic amines) is 1. The van der Waals surface area contributed by atoms with Crippen LogP contribution in [0.1, 0.15) is 34.8 Å². The van der Waals surface area contributed by atoms with E-state index in [2.05, 4.69) is 10.2 Å². The van der Waals surface area contributed by atoms with E-state index in [-0.39, 0.29) is 6.42 Å². The first-order valence-corrected chi connectivity index (χ1v) is 10.3. The van der Waals surface area contributed by atoms with Gasteiger partial charge in [-0.15, -0.1) is 10.2 Å². The van der Waals surface area contributed by atoms with Crippen molar-refractivity contribution in [1.29, 1.82) is 0 Å². The summed E-state index contributed by atoms with van der Waals surface area (Å²) in [6, 6.07) is 12.7. The fourth-order valence-electron chi connectivity index (χ4n) is 4.15. The second kappa shape index (κ2) is 9.23. The van der Waals surface area contributed by atoms with Gasteiger partial charge in [-0.1, -0.05) is 30.3 Å². The Kier molecular flexibility index (Phi) is 6.21. The number of ether oxygens (including phenoxy) is 2. The molecule has 3 aromatic rings. The molecule has 1 fully saturated rings. The van der Waals surface area contributed by atoms with Gasteiger partial charge in [-0.05, 0) is 36.6 Å². The number of benzene rings is 2. The zero-order valence-corrected chi connectivity index (χ0v) is 18.1. The Bertz CT molecular complexity index is 1180. The lowest BCUT2D eigenvalue weighted by Crippen LogP contribution is -2.42. The molecule has 0 spiro atoms. The van der Waals surface area contributed by atoms with E-state index >= 15 is 0 Å². The first kappa shape index (κ1) is 22.2. The number of halogens is 1. The number of hydrogen-bond donors (Lipinski definition) is 1. The van der Waals surface area contributed by atoms with Crippen LogP contribution in [-0.4, -0.2) is 52.3 Å². The van der Waals surface area contributed by atoms with E-state index in [9.17, 15) is 19.1 Å². The van der Waals surface area contributed by atoms with Crippen molar-refractivity contribution in [2.45, 2.75) is 24.9 Å². The van der Waals surface area contributed by atoms with E-state index in [0.717, 1.165) is 0 Å². The zero-order valence-electron chi connectivity index (χ0n) is 18.1. The molecule has 170 valence electrons. The summed E-state index contributed by atoms with van der Waals surface area (Å²) in [5.74, 6) is -1.46. The van der Waals surface area contributed by atoms with Crippen molar-refractivity contribution in [2.75, 3.05) is 14.2 Å². The third kappa shape index (κ3) is 4.21. The molecule has 0 bridgehead atoms. The maximum atomic E-state index is 14.5. The van der Waals surface area contributed by atoms with Gasteiger partial charge in [0, 0.05) is 17.2 Å². The first-order chi connectivity index (χ1) is 15.9. The Labute approximate surface area is 189 Å². The van der Waals surface area contributed by atoms with Gasteiger partial charge in [0.15, 0.2) is 0 Å². The highest BCUT2D eigenvalue weighted by Gasteiger charge is 2.42. The lowest BCUT2D eigenvalue weighted by Gasteiger charge is -2.29. The molecule has 2 heterocycles. The van der Waals surface area contributed by atoms with Crippen molar-refractivity contribution in [3.8, 4) is 22.9 Å². The van der Waals surface area contributed by atoms with Gasteiger partial charge in [0.1, 0.15) is 11.9 Å². The number of amides is 1. The highest BCUT2D eigenvalue weighted by molar-refractivity contribution is 5.97. The number of carboxylic acid groups (broad SMARTS) is 1. The van der Waals surface area contributed by atoms with Crippen LogP contribution in [0.5, 0.6) is 11.8 Å². The van der Waals surface area contributed by atoms with E-state index < -0.39 is 29.8 Å². The molecule has 1 aliphatic heterocycles. The smallest absolute Gasteiger partial charge is 0.326 e. The number of hydrogen-bond acceptors (Lipinski definition) is 6. The predicted molar refractivity (Wildman–Crippen MR) is 117 cm³/mol. The van der Waals surface area contributed by atoms with Crippen LogP contribution in [0.3, 0.4) is 0 Å². The second-order valence-corrected chi connectivity index (χ2v) is 7.57. The van der Waals surface area contributed by atoms with Gasteiger partial charge >= 0.3 is 5.97 Å². The van der Waals surface area contributed by atoms with Crippen molar-refractivity contribution in [3.63, 3.8) is 0 Å². The molecule has 2 aromatic carbocycles. The molecule has 0 saturated carbocycles. The fraction of sp³-hybridized carbons (Fsp3) is 0.250. The van der Waals surface area contributed by atoms with Crippen LogP contribution in [0.2, 0.25) is 0 Å². The maximum Gasteiger partial charge on any atom is 0.326 e. The van der Waals surface area contributed by atoms with Gasteiger partial charge in [-0.25, -0.2) is 9.18 Å². The van der Waals surface area contributed by atoms with Gasteiger partial charge < -0.3 is 19.5 Å². The minimum atomic E-state index is -1.11. The Hall–Kier alpha value is -4.01. The average molecular weight is 451 g/mol. The summed E-state index contributed by atoms with van der Waals surface area (Å²) >= 11 is 0. The third-order valence-corrected chi connectivity index (χ3v) is 5.75. The SMILES string of the molecule is COc1cc(-c2ccc(C(=O)N3[C@@H](c4ccccc4F)CC[C@H]3C(=O)O)cc2)c(OC)nn1. The summed E-state index contributed by atoms with van der Waals surface area (Å²) in [6.45, 7) is 0. The van der Waals surface area contributed by atoms with Gasteiger partial charge in [-0.2, -0.15) is 0 Å². The fourth-order valence-corrected chi connectivity index (χ4v) is 4.15. The number of nitrogens with zero attached hydrogens (tertiary/aromatic N) is 3. The maximum absolute atomic E-state index is 14.5. The van der Waals surface area contributed by atoms with E-state index in [1.54, 1.807) is 48.5 Å². The number of methoxy groups -OCH3 is 2. The van der Waals surface area contributed by atoms with E-state index in [1.807, 2.05) is 0 Å². The Morgan fingerprint density at radius 1 is 1.03 bits per heavy atom. The predicted octanol–water partition coefficient (Wildman–Crippen LogP) is 3.73. The van der Waals surface area contributed by atoms with Crippen LogP contribution < -0.4 is 9.47 Å². The number of carboxylic acids is 1. The van der Waals surface area contributed by atoms with Crippen LogP contribution in [0.4, 0.5) is 4.39 Å². The molecule has 0 unspecified atom stereocenters. The van der Waals surface area contributed by atoms with Gasteiger partial charge in [0.2, 0.25) is 11.8 Å². The molecule has 1 saturated heterocycles. The molecule has 9 heteroatoms. The summed E-state index contributed by atoms with van der Waals surface area (Å²) in [7, 11) is 2.95. The lowest BCUT2D eigenvalue weighted by molar-refractivity contribution is -0.141. The molecule has 0 aliphatic carbocycles. The molecular formula is C24H22FN3O5. The summed E-state index contributed by atoms with van der Waals surface area (Å²) in [5.41, 5.74) is 1.93. The van der Waals surface area contributed by atoms with Gasteiger partial charge in [0.25, 0.3) is 5.91 Å². The van der Waals surface area contributed by atoms with Crippen LogP contribution >= 0.6 is 0 Å². The van der Waals surface area contributed by atoms with Crippen LogP contribution in [0, 0.1) is 5.82 Å². The minimum absolute atomic E-state index is 0.248. The Balaban J connectivity index is 1.68. The van der Waals surface area contributed by atoms with Crippen LogP contribution in [0.25, 0.3) is 11.1 Å². The second-order valence-electron chi connectivity index (χ2n) is 7.57. The molecular weight excluding hydrogens is 429 g/mol. The number of aliphatic carboxylic acids is 1. The molecule has 0 radical (unpaired) electrons. The zero-order chi connectivity index (χ0) is 23.5. The number of carbonyl (C=O) groups is 2. The summed E-state index contributed by atoms with van der Waals surface area (Å²) in [4.78, 5) is 26.5. The average Bonchev–Trinajstić information content (AvgIpc) is 3.29. The quantitative estimate of drug-likeness (QED) is 0.609.